The van der Waals surface area contributed by atoms with Gasteiger partial charge in [-0.25, -0.2) is 0 Å². The molecule has 0 aromatic heterocycles. The molecule has 51 heavy (non-hydrogen) atoms. The second-order valence-electron chi connectivity index (χ2n) is 13.4. The Hall–Kier alpha value is -5.98. The lowest BCUT2D eigenvalue weighted by molar-refractivity contribution is 1.10. The van der Waals surface area contributed by atoms with E-state index >= 15 is 0 Å². The van der Waals surface area contributed by atoms with Gasteiger partial charge in [-0.05, 0) is 151 Å². The number of fused-ring (bicyclic) bond motifs is 4. The van der Waals surface area contributed by atoms with Gasteiger partial charge in [-0.2, -0.15) is 0 Å². The molecule has 0 aliphatic carbocycles. The summed E-state index contributed by atoms with van der Waals surface area (Å²) in [7, 11) is 0. The van der Waals surface area contributed by atoms with E-state index in [2.05, 4.69) is 198 Å². The van der Waals surface area contributed by atoms with Gasteiger partial charge in [0.15, 0.2) is 0 Å². The molecule has 0 heteroatoms. The van der Waals surface area contributed by atoms with Gasteiger partial charge in [0.2, 0.25) is 0 Å². The molecular formula is C51H42. The quantitative estimate of drug-likeness (QED) is 0.150. The average Bonchev–Trinajstić information content (AvgIpc) is 3.18. The smallest absolute Gasteiger partial charge is 0.00988 e. The molecule has 8 aromatic carbocycles. The highest BCUT2D eigenvalue weighted by Crippen LogP contribution is 2.41. The summed E-state index contributed by atoms with van der Waals surface area (Å²) in [6.07, 6.45) is 9.85. The first-order valence-electron chi connectivity index (χ1n) is 18.1. The van der Waals surface area contributed by atoms with Gasteiger partial charge < -0.3 is 0 Å². The maximum Gasteiger partial charge on any atom is -0.00988 e. The molecule has 0 fully saturated rings. The molecule has 0 aliphatic heterocycles. The Balaban J connectivity index is 1.26. The largest absolute Gasteiger partial charge is 0.0871 e. The van der Waals surface area contributed by atoms with E-state index in [0.717, 1.165) is 6.42 Å². The molecule has 0 radical (unpaired) electrons. The van der Waals surface area contributed by atoms with Crippen molar-refractivity contribution in [3.8, 4) is 44.5 Å². The van der Waals surface area contributed by atoms with Crippen molar-refractivity contribution in [2.45, 2.75) is 34.1 Å². The summed E-state index contributed by atoms with van der Waals surface area (Å²) in [4.78, 5) is 0. The standard InChI is InChI=1S/C51H42/c1-5-16-35-32-50(42(17-6-2)34(4)41(35)7-3)38-21-14-19-36(30-38)44-28-29-45(48-26-11-10-25-47(44)48)37-20-15-22-39(31-37)51-33-40-18-8-9-23-43(40)46-24-12-13-27-49(46)51/h5-6,8-33H,7H2,1-4H3/b16-5-,17-6-. The van der Waals surface area contributed by atoms with E-state index in [1.54, 1.807) is 0 Å². The van der Waals surface area contributed by atoms with E-state index in [-0.39, 0.29) is 0 Å². The third kappa shape index (κ3) is 5.77. The van der Waals surface area contributed by atoms with Crippen LogP contribution in [0.2, 0.25) is 0 Å². The molecular weight excluding hydrogens is 613 g/mol. The minimum absolute atomic E-state index is 1.01. The van der Waals surface area contributed by atoms with Crippen LogP contribution >= 0.6 is 0 Å². The molecule has 0 amide bonds. The number of rotatable bonds is 7. The average molecular weight is 655 g/mol. The van der Waals surface area contributed by atoms with Gasteiger partial charge in [0.25, 0.3) is 0 Å². The molecule has 0 spiro atoms. The zero-order valence-electron chi connectivity index (χ0n) is 29.9. The number of hydrogen-bond donors (Lipinski definition) is 0. The Labute approximate surface area is 302 Å². The van der Waals surface area contributed by atoms with E-state index in [9.17, 15) is 0 Å². The molecule has 0 N–H and O–H groups in total. The normalized spacial score (nSPS) is 11.8. The van der Waals surface area contributed by atoms with Gasteiger partial charge in [-0.15, -0.1) is 0 Å². The van der Waals surface area contributed by atoms with Crippen molar-refractivity contribution in [3.63, 3.8) is 0 Å². The van der Waals surface area contributed by atoms with Crippen molar-refractivity contribution < 1.29 is 0 Å². The zero-order chi connectivity index (χ0) is 34.9. The molecule has 0 bridgehead atoms. The fraction of sp³-hybridized carbons (Fsp3) is 0.0980. The minimum atomic E-state index is 1.01. The molecule has 8 rings (SSSR count). The SMILES string of the molecule is C/C=C\c1cc(-c2cccc(-c3ccc(-c4cccc(-c5cc6ccccc6c6ccccc56)c4)c4ccccc34)c2)c(/C=C\C)c(C)c1CC. The Morgan fingerprint density at radius 3 is 1.49 bits per heavy atom. The van der Waals surface area contributed by atoms with Crippen molar-refractivity contribution in [2.24, 2.45) is 0 Å². The Morgan fingerprint density at radius 2 is 0.922 bits per heavy atom. The fourth-order valence-electron chi connectivity index (χ4n) is 8.12. The molecule has 0 aliphatic rings. The Kier molecular flexibility index (Phi) is 8.68. The zero-order valence-corrected chi connectivity index (χ0v) is 29.9. The fourth-order valence-corrected chi connectivity index (χ4v) is 8.12. The lowest BCUT2D eigenvalue weighted by Gasteiger charge is -2.18. The van der Waals surface area contributed by atoms with E-state index in [4.69, 9.17) is 0 Å². The Bertz CT molecular complexity index is 2650. The van der Waals surface area contributed by atoms with E-state index < -0.39 is 0 Å². The van der Waals surface area contributed by atoms with Crippen LogP contribution in [0.15, 0.2) is 158 Å². The summed E-state index contributed by atoms with van der Waals surface area (Å²) < 4.78 is 0. The summed E-state index contributed by atoms with van der Waals surface area (Å²) in [5.74, 6) is 0. The summed E-state index contributed by atoms with van der Waals surface area (Å²) in [5.41, 5.74) is 15.3. The highest BCUT2D eigenvalue weighted by molar-refractivity contribution is 6.14. The van der Waals surface area contributed by atoms with E-state index in [0.29, 0.717) is 0 Å². The van der Waals surface area contributed by atoms with Crippen LogP contribution in [0.5, 0.6) is 0 Å². The molecule has 246 valence electrons. The highest BCUT2D eigenvalue weighted by atomic mass is 14.2. The monoisotopic (exact) mass is 654 g/mol. The topological polar surface area (TPSA) is 0 Å². The molecule has 8 aromatic rings. The van der Waals surface area contributed by atoms with Gasteiger partial charge in [0, 0.05) is 0 Å². The summed E-state index contributed by atoms with van der Waals surface area (Å²) in [6, 6.07) is 53.9. The second-order valence-corrected chi connectivity index (χ2v) is 13.4. The van der Waals surface area contributed by atoms with Crippen molar-refractivity contribution in [3.05, 3.63) is 180 Å². The summed E-state index contributed by atoms with van der Waals surface area (Å²) >= 11 is 0. The first-order chi connectivity index (χ1) is 25.1. The van der Waals surface area contributed by atoms with Crippen LogP contribution in [0, 0.1) is 6.92 Å². The predicted octanol–water partition coefficient (Wildman–Crippen LogP) is 14.8. The van der Waals surface area contributed by atoms with Crippen molar-refractivity contribution in [1.29, 1.82) is 0 Å². The molecule has 0 nitrogen and oxygen atoms in total. The Morgan fingerprint density at radius 1 is 0.431 bits per heavy atom. The predicted molar refractivity (Wildman–Crippen MR) is 224 cm³/mol. The van der Waals surface area contributed by atoms with Crippen LogP contribution in [0.25, 0.3) is 89.0 Å². The van der Waals surface area contributed by atoms with E-state index in [1.165, 1.54) is 99.1 Å². The second kappa shape index (κ2) is 13.7. The first-order valence-corrected chi connectivity index (χ1v) is 18.1. The highest BCUT2D eigenvalue weighted by Gasteiger charge is 2.16. The van der Waals surface area contributed by atoms with Gasteiger partial charge in [0.1, 0.15) is 0 Å². The molecule has 0 atom stereocenters. The van der Waals surface area contributed by atoms with Crippen LogP contribution in [0.4, 0.5) is 0 Å². The molecule has 0 heterocycles. The minimum Gasteiger partial charge on any atom is -0.0871 e. The first kappa shape index (κ1) is 32.2. The van der Waals surface area contributed by atoms with Crippen LogP contribution in [0.1, 0.15) is 43.0 Å². The van der Waals surface area contributed by atoms with Crippen molar-refractivity contribution in [1.82, 2.24) is 0 Å². The van der Waals surface area contributed by atoms with Gasteiger partial charge in [-0.1, -0.05) is 153 Å². The number of benzene rings is 8. The van der Waals surface area contributed by atoms with Gasteiger partial charge in [-0.3, -0.25) is 0 Å². The lowest BCUT2D eigenvalue weighted by atomic mass is 9.86. The van der Waals surface area contributed by atoms with E-state index in [1.807, 2.05) is 0 Å². The maximum atomic E-state index is 2.38. The van der Waals surface area contributed by atoms with Crippen LogP contribution < -0.4 is 0 Å². The van der Waals surface area contributed by atoms with Crippen LogP contribution in [0.3, 0.4) is 0 Å². The lowest BCUT2D eigenvalue weighted by Crippen LogP contribution is -1.98. The van der Waals surface area contributed by atoms with Gasteiger partial charge >= 0.3 is 0 Å². The van der Waals surface area contributed by atoms with Gasteiger partial charge in [0.05, 0.1) is 0 Å². The molecule has 0 unspecified atom stereocenters. The number of allylic oxidation sites excluding steroid dienone is 2. The molecule has 0 saturated heterocycles. The summed E-state index contributed by atoms with van der Waals surface area (Å²) in [6.45, 7) is 8.74. The summed E-state index contributed by atoms with van der Waals surface area (Å²) in [5, 5.41) is 7.65. The third-order valence-electron chi connectivity index (χ3n) is 10.5. The van der Waals surface area contributed by atoms with Crippen molar-refractivity contribution in [2.75, 3.05) is 0 Å². The van der Waals surface area contributed by atoms with Crippen LogP contribution in [-0.4, -0.2) is 0 Å². The maximum absolute atomic E-state index is 2.38. The van der Waals surface area contributed by atoms with Crippen molar-refractivity contribution >= 4 is 44.5 Å². The third-order valence-corrected chi connectivity index (χ3v) is 10.5. The number of hydrogen-bond acceptors (Lipinski definition) is 0. The molecule has 0 saturated carbocycles. The van der Waals surface area contributed by atoms with Crippen LogP contribution in [-0.2, 0) is 6.42 Å².